The van der Waals surface area contributed by atoms with Gasteiger partial charge >= 0.3 is 0 Å². The quantitative estimate of drug-likeness (QED) is 0.653. The smallest absolute Gasteiger partial charge is 0.240 e. The molecule has 1 aromatic rings. The van der Waals surface area contributed by atoms with E-state index in [2.05, 4.69) is 4.72 Å². The molecule has 0 saturated heterocycles. The second-order valence-corrected chi connectivity index (χ2v) is 5.59. The monoisotopic (exact) mass is 275 g/mol. The Bertz CT molecular complexity index is 559. The molecule has 100 valence electrons. The van der Waals surface area contributed by atoms with E-state index >= 15 is 0 Å². The molecule has 1 aromatic carbocycles. The highest BCUT2D eigenvalue weighted by molar-refractivity contribution is 7.89. The van der Waals surface area contributed by atoms with Gasteiger partial charge in [0.1, 0.15) is 5.82 Å². The van der Waals surface area contributed by atoms with Crippen LogP contribution in [0.2, 0.25) is 0 Å². The molecule has 8 heteroatoms. The largest absolute Gasteiger partial charge is 0.396 e. The first-order chi connectivity index (χ1) is 8.22. The molecule has 0 spiro atoms. The second kappa shape index (κ2) is 5.32. The molecule has 0 aliphatic heterocycles. The summed E-state index contributed by atoms with van der Waals surface area (Å²) in [6, 6.07) is 2.47. The molecule has 1 atom stereocenters. The summed E-state index contributed by atoms with van der Waals surface area (Å²) in [5.74, 6) is -1.45. The summed E-state index contributed by atoms with van der Waals surface area (Å²) in [5.41, 5.74) is 10.1. The fraction of sp³-hybridized carbons (Fsp3) is 0.300. The van der Waals surface area contributed by atoms with Crippen LogP contribution in [0.1, 0.15) is 13.3 Å². The Morgan fingerprint density at radius 1 is 1.50 bits per heavy atom. The predicted octanol–water partition coefficient (Wildman–Crippen LogP) is -0.0499. The van der Waals surface area contributed by atoms with Crippen molar-refractivity contribution >= 4 is 21.6 Å². The summed E-state index contributed by atoms with van der Waals surface area (Å²) in [6.45, 7) is 1.48. The molecular weight excluding hydrogens is 261 g/mol. The van der Waals surface area contributed by atoms with E-state index in [0.717, 1.165) is 12.1 Å². The maximum atomic E-state index is 13.2. The van der Waals surface area contributed by atoms with Crippen LogP contribution in [-0.4, -0.2) is 20.4 Å². The Morgan fingerprint density at radius 3 is 2.61 bits per heavy atom. The van der Waals surface area contributed by atoms with Gasteiger partial charge in [-0.2, -0.15) is 0 Å². The highest BCUT2D eigenvalue weighted by Gasteiger charge is 2.19. The minimum Gasteiger partial charge on any atom is -0.396 e. The highest BCUT2D eigenvalue weighted by atomic mass is 32.2. The summed E-state index contributed by atoms with van der Waals surface area (Å²) < 4.78 is 39.0. The van der Waals surface area contributed by atoms with Gasteiger partial charge in [0.05, 0.1) is 10.6 Å². The molecule has 1 unspecified atom stereocenters. The molecule has 0 saturated carbocycles. The Labute approximate surface area is 104 Å². The van der Waals surface area contributed by atoms with Crippen molar-refractivity contribution in [2.75, 3.05) is 5.73 Å². The molecule has 5 N–H and O–H groups in total. The van der Waals surface area contributed by atoms with Crippen LogP contribution in [0.25, 0.3) is 0 Å². The molecule has 1 amide bonds. The standard InChI is InChI=1S/C10H14FN3O3S/c1-6(4-10(13)15)14-18(16,17)7-2-3-9(12)8(11)5-7/h2-3,5-6,14H,4,12H2,1H3,(H2,13,15). The van der Waals surface area contributed by atoms with Gasteiger partial charge in [0.25, 0.3) is 0 Å². The van der Waals surface area contributed by atoms with E-state index < -0.39 is 27.8 Å². The van der Waals surface area contributed by atoms with Crippen LogP contribution in [0, 0.1) is 5.82 Å². The number of halogens is 1. The van der Waals surface area contributed by atoms with Gasteiger partial charge in [-0.25, -0.2) is 17.5 Å². The van der Waals surface area contributed by atoms with E-state index in [4.69, 9.17) is 11.5 Å². The lowest BCUT2D eigenvalue weighted by molar-refractivity contribution is -0.118. The molecule has 0 aromatic heterocycles. The van der Waals surface area contributed by atoms with Gasteiger partial charge in [0.15, 0.2) is 0 Å². The van der Waals surface area contributed by atoms with E-state index in [-0.39, 0.29) is 17.0 Å². The van der Waals surface area contributed by atoms with Gasteiger partial charge in [-0.1, -0.05) is 0 Å². The Morgan fingerprint density at radius 2 is 2.11 bits per heavy atom. The van der Waals surface area contributed by atoms with Gasteiger partial charge < -0.3 is 11.5 Å². The molecule has 0 radical (unpaired) electrons. The first-order valence-electron chi connectivity index (χ1n) is 5.08. The third kappa shape index (κ3) is 3.67. The maximum Gasteiger partial charge on any atom is 0.240 e. The number of primary amides is 1. The Balaban J connectivity index is 2.92. The van der Waals surface area contributed by atoms with E-state index in [0.29, 0.717) is 0 Å². The lowest BCUT2D eigenvalue weighted by Gasteiger charge is -2.12. The van der Waals surface area contributed by atoms with E-state index in [9.17, 15) is 17.6 Å². The van der Waals surface area contributed by atoms with Crippen molar-refractivity contribution in [3.05, 3.63) is 24.0 Å². The minimum atomic E-state index is -3.90. The molecule has 0 fully saturated rings. The normalized spacial score (nSPS) is 13.2. The SMILES string of the molecule is CC(CC(N)=O)NS(=O)(=O)c1ccc(N)c(F)c1. The van der Waals surface area contributed by atoms with Crippen molar-refractivity contribution in [2.24, 2.45) is 5.73 Å². The summed E-state index contributed by atoms with van der Waals surface area (Å²) in [6.07, 6.45) is -0.142. The van der Waals surface area contributed by atoms with Gasteiger partial charge in [0, 0.05) is 12.5 Å². The molecule has 0 bridgehead atoms. The topological polar surface area (TPSA) is 115 Å². The molecule has 18 heavy (non-hydrogen) atoms. The Kier molecular flexibility index (Phi) is 4.25. The number of rotatable bonds is 5. The molecule has 0 aliphatic carbocycles. The molecule has 0 aliphatic rings. The average molecular weight is 275 g/mol. The van der Waals surface area contributed by atoms with Crippen LogP contribution in [0.3, 0.4) is 0 Å². The van der Waals surface area contributed by atoms with Crippen molar-refractivity contribution in [1.29, 1.82) is 0 Å². The number of hydrogen-bond acceptors (Lipinski definition) is 4. The maximum absolute atomic E-state index is 13.2. The number of sulfonamides is 1. The van der Waals surface area contributed by atoms with Crippen LogP contribution in [0.15, 0.2) is 23.1 Å². The fourth-order valence-electron chi connectivity index (χ4n) is 1.35. The summed E-state index contributed by atoms with van der Waals surface area (Å²) in [7, 11) is -3.90. The minimum absolute atomic E-state index is 0.140. The van der Waals surface area contributed by atoms with Crippen LogP contribution in [0.5, 0.6) is 0 Å². The van der Waals surface area contributed by atoms with Gasteiger partial charge in [-0.15, -0.1) is 0 Å². The molecule has 6 nitrogen and oxygen atoms in total. The molecule has 1 rings (SSSR count). The number of nitrogen functional groups attached to an aromatic ring is 1. The molecular formula is C10H14FN3O3S. The van der Waals surface area contributed by atoms with E-state index in [1.54, 1.807) is 0 Å². The van der Waals surface area contributed by atoms with Crippen LogP contribution < -0.4 is 16.2 Å². The lowest BCUT2D eigenvalue weighted by atomic mass is 10.2. The number of benzene rings is 1. The third-order valence-electron chi connectivity index (χ3n) is 2.15. The highest BCUT2D eigenvalue weighted by Crippen LogP contribution is 2.16. The zero-order valence-corrected chi connectivity index (χ0v) is 10.5. The van der Waals surface area contributed by atoms with E-state index in [1.807, 2.05) is 0 Å². The van der Waals surface area contributed by atoms with Crippen molar-refractivity contribution in [1.82, 2.24) is 4.72 Å². The molecule has 0 heterocycles. The number of carbonyl (C=O) groups is 1. The fourth-order valence-corrected chi connectivity index (χ4v) is 2.61. The zero-order valence-electron chi connectivity index (χ0n) is 9.68. The van der Waals surface area contributed by atoms with Gasteiger partial charge in [-0.3, -0.25) is 4.79 Å². The van der Waals surface area contributed by atoms with Gasteiger partial charge in [0.2, 0.25) is 15.9 Å². The average Bonchev–Trinajstić information content (AvgIpc) is 2.19. The number of anilines is 1. The van der Waals surface area contributed by atoms with Crippen LogP contribution in [-0.2, 0) is 14.8 Å². The number of amides is 1. The van der Waals surface area contributed by atoms with Gasteiger partial charge in [-0.05, 0) is 25.1 Å². The first-order valence-corrected chi connectivity index (χ1v) is 6.56. The summed E-state index contributed by atoms with van der Waals surface area (Å²) in [5, 5.41) is 0. The number of carbonyl (C=O) groups excluding carboxylic acids is 1. The van der Waals surface area contributed by atoms with Crippen LogP contribution >= 0.6 is 0 Å². The zero-order chi connectivity index (χ0) is 13.9. The first kappa shape index (κ1) is 14.4. The predicted molar refractivity (Wildman–Crippen MR) is 64.4 cm³/mol. The van der Waals surface area contributed by atoms with Crippen molar-refractivity contribution in [3.8, 4) is 0 Å². The summed E-state index contributed by atoms with van der Waals surface area (Å²) >= 11 is 0. The third-order valence-corrected chi connectivity index (χ3v) is 3.73. The summed E-state index contributed by atoms with van der Waals surface area (Å²) in [4.78, 5) is 10.4. The van der Waals surface area contributed by atoms with Crippen molar-refractivity contribution in [3.63, 3.8) is 0 Å². The van der Waals surface area contributed by atoms with E-state index in [1.165, 1.54) is 13.0 Å². The second-order valence-electron chi connectivity index (χ2n) is 3.88. The van der Waals surface area contributed by atoms with Crippen molar-refractivity contribution < 1.29 is 17.6 Å². The number of nitrogens with two attached hydrogens (primary N) is 2. The number of nitrogens with one attached hydrogen (secondary N) is 1. The lowest BCUT2D eigenvalue weighted by Crippen LogP contribution is -2.35. The van der Waals surface area contributed by atoms with Crippen LogP contribution in [0.4, 0.5) is 10.1 Å². The van der Waals surface area contributed by atoms with Crippen molar-refractivity contribution in [2.45, 2.75) is 24.3 Å². The number of hydrogen-bond donors (Lipinski definition) is 3. The Hall–Kier alpha value is -1.67.